The Balaban J connectivity index is 1.57. The maximum absolute atomic E-state index is 12.8. The Kier molecular flexibility index (Phi) is 5.68. The maximum atomic E-state index is 12.8. The Morgan fingerprint density at radius 3 is 2.45 bits per heavy atom. The number of aromatic nitrogens is 2. The number of halogens is 1. The number of pyridine rings is 1. The third-order valence-electron chi connectivity index (χ3n) is 4.68. The molecule has 0 aliphatic carbocycles. The lowest BCUT2D eigenvalue weighted by molar-refractivity contribution is 0.101. The molecule has 2 heterocycles. The van der Waals surface area contributed by atoms with Crippen LogP contribution in [0.15, 0.2) is 65.3 Å². The van der Waals surface area contributed by atoms with Crippen LogP contribution in [0, 0.1) is 0 Å². The fourth-order valence-electron chi connectivity index (χ4n) is 3.07. The molecule has 0 atom stereocenters. The van der Waals surface area contributed by atoms with Gasteiger partial charge < -0.3 is 15.2 Å². The van der Waals surface area contributed by atoms with E-state index in [9.17, 15) is 9.59 Å². The van der Waals surface area contributed by atoms with Crippen molar-refractivity contribution in [3.05, 3.63) is 82.6 Å². The average molecular weight is 435 g/mol. The van der Waals surface area contributed by atoms with Gasteiger partial charge in [0.2, 0.25) is 0 Å². The van der Waals surface area contributed by atoms with Crippen LogP contribution in [0.1, 0.15) is 46.2 Å². The van der Waals surface area contributed by atoms with Crippen LogP contribution in [0.4, 0.5) is 11.4 Å². The molecule has 0 fully saturated rings. The van der Waals surface area contributed by atoms with E-state index < -0.39 is 5.91 Å². The molecule has 0 aliphatic rings. The molecule has 2 aromatic heterocycles. The zero-order chi connectivity index (χ0) is 22.0. The summed E-state index contributed by atoms with van der Waals surface area (Å²) >= 11 is 6.25. The van der Waals surface area contributed by atoms with Crippen molar-refractivity contribution >= 4 is 45.9 Å². The van der Waals surface area contributed by atoms with Crippen molar-refractivity contribution in [1.82, 2.24) is 10.1 Å². The second kappa shape index (κ2) is 8.57. The molecule has 0 radical (unpaired) electrons. The van der Waals surface area contributed by atoms with E-state index in [-0.39, 0.29) is 11.8 Å². The summed E-state index contributed by atoms with van der Waals surface area (Å²) in [5, 5.41) is 10.6. The number of para-hydroxylation sites is 1. The van der Waals surface area contributed by atoms with Crippen molar-refractivity contribution in [1.29, 1.82) is 0 Å². The quantitative estimate of drug-likeness (QED) is 0.432. The predicted molar refractivity (Wildman–Crippen MR) is 120 cm³/mol. The summed E-state index contributed by atoms with van der Waals surface area (Å²) < 4.78 is 5.22. The Bertz CT molecular complexity index is 1270. The third kappa shape index (κ3) is 4.41. The summed E-state index contributed by atoms with van der Waals surface area (Å²) in [6.45, 7) is 3.96. The highest BCUT2D eigenvalue weighted by molar-refractivity contribution is 6.34. The number of nitrogens with zero attached hydrogens (tertiary/aromatic N) is 2. The molecule has 2 N–H and O–H groups in total. The van der Waals surface area contributed by atoms with E-state index in [1.54, 1.807) is 30.3 Å². The van der Waals surface area contributed by atoms with Crippen LogP contribution in [0.3, 0.4) is 0 Å². The first-order valence-corrected chi connectivity index (χ1v) is 10.0. The maximum Gasteiger partial charge on any atom is 0.257 e. The van der Waals surface area contributed by atoms with E-state index >= 15 is 0 Å². The lowest BCUT2D eigenvalue weighted by Gasteiger charge is -2.10. The average Bonchev–Trinajstić information content (AvgIpc) is 3.19. The van der Waals surface area contributed by atoms with Gasteiger partial charge in [0, 0.05) is 17.4 Å². The van der Waals surface area contributed by atoms with Crippen molar-refractivity contribution in [2.24, 2.45) is 0 Å². The highest BCUT2D eigenvalue weighted by atomic mass is 35.5. The molecule has 0 aliphatic heterocycles. The van der Waals surface area contributed by atoms with E-state index in [0.29, 0.717) is 38.6 Å². The van der Waals surface area contributed by atoms with E-state index in [1.807, 2.05) is 32.0 Å². The first kappa shape index (κ1) is 20.6. The monoisotopic (exact) mass is 434 g/mol. The molecule has 0 spiro atoms. The van der Waals surface area contributed by atoms with Gasteiger partial charge in [-0.25, -0.2) is 4.98 Å². The number of hydrogen-bond donors (Lipinski definition) is 2. The second-order valence-electron chi connectivity index (χ2n) is 7.27. The number of hydrogen-bond acceptors (Lipinski definition) is 5. The molecule has 7 nitrogen and oxygen atoms in total. The lowest BCUT2D eigenvalue weighted by atomic mass is 10.1. The van der Waals surface area contributed by atoms with Gasteiger partial charge in [-0.05, 0) is 42.3 Å². The zero-order valence-electron chi connectivity index (χ0n) is 16.8. The summed E-state index contributed by atoms with van der Waals surface area (Å²) in [4.78, 5) is 29.6. The Morgan fingerprint density at radius 2 is 1.71 bits per heavy atom. The third-order valence-corrected chi connectivity index (χ3v) is 5.00. The van der Waals surface area contributed by atoms with Gasteiger partial charge in [-0.2, -0.15) is 0 Å². The SMILES string of the molecule is CC(C)c1noc2ncc(C(=O)Nc3cc(C(=O)Nc4ccccc4)ccc3Cl)cc12. The zero-order valence-corrected chi connectivity index (χ0v) is 17.6. The standard InChI is InChI=1S/C23H19ClN4O3/c1-13(2)20-17-10-15(12-25-23(17)31-28-20)22(30)27-19-11-14(8-9-18(19)24)21(29)26-16-6-4-3-5-7-16/h3-13H,1-2H3,(H,26,29)(H,27,30). The van der Waals surface area contributed by atoms with Crippen LogP contribution in [0.2, 0.25) is 5.02 Å². The molecule has 0 saturated heterocycles. The number of amides is 2. The van der Waals surface area contributed by atoms with Gasteiger partial charge in [-0.15, -0.1) is 0 Å². The summed E-state index contributed by atoms with van der Waals surface area (Å²) in [5.41, 5.74) is 2.78. The largest absolute Gasteiger partial charge is 0.336 e. The van der Waals surface area contributed by atoms with Gasteiger partial charge in [-0.1, -0.05) is 48.8 Å². The predicted octanol–water partition coefficient (Wildman–Crippen LogP) is 5.50. The van der Waals surface area contributed by atoms with Gasteiger partial charge in [0.15, 0.2) is 0 Å². The molecule has 0 bridgehead atoms. The van der Waals surface area contributed by atoms with Crippen molar-refractivity contribution in [2.45, 2.75) is 19.8 Å². The minimum atomic E-state index is -0.409. The number of nitrogens with one attached hydrogen (secondary N) is 2. The summed E-state index contributed by atoms with van der Waals surface area (Å²) in [6, 6.07) is 15.5. The van der Waals surface area contributed by atoms with Crippen LogP contribution in [-0.4, -0.2) is 22.0 Å². The normalized spacial score (nSPS) is 11.0. The lowest BCUT2D eigenvalue weighted by Crippen LogP contribution is -2.15. The van der Waals surface area contributed by atoms with Gasteiger partial charge in [0.1, 0.15) is 0 Å². The molecular weight excluding hydrogens is 416 g/mol. The van der Waals surface area contributed by atoms with Crippen LogP contribution < -0.4 is 10.6 Å². The number of carbonyl (C=O) groups is 2. The van der Waals surface area contributed by atoms with Gasteiger partial charge in [0.05, 0.1) is 27.4 Å². The van der Waals surface area contributed by atoms with Crippen LogP contribution in [-0.2, 0) is 0 Å². The van der Waals surface area contributed by atoms with Gasteiger partial charge in [-0.3, -0.25) is 9.59 Å². The number of benzene rings is 2. The van der Waals surface area contributed by atoms with E-state index in [0.717, 1.165) is 5.69 Å². The van der Waals surface area contributed by atoms with Gasteiger partial charge >= 0.3 is 0 Å². The highest BCUT2D eigenvalue weighted by Gasteiger charge is 2.17. The number of rotatable bonds is 5. The van der Waals surface area contributed by atoms with Crippen LogP contribution in [0.5, 0.6) is 0 Å². The number of fused-ring (bicyclic) bond motifs is 1. The summed E-state index contributed by atoms with van der Waals surface area (Å²) in [6.07, 6.45) is 1.41. The van der Waals surface area contributed by atoms with Crippen molar-refractivity contribution < 1.29 is 14.1 Å². The van der Waals surface area contributed by atoms with Crippen molar-refractivity contribution in [3.63, 3.8) is 0 Å². The Morgan fingerprint density at radius 1 is 0.968 bits per heavy atom. The summed E-state index contributed by atoms with van der Waals surface area (Å²) in [5.74, 6) is -0.601. The van der Waals surface area contributed by atoms with Crippen molar-refractivity contribution in [3.8, 4) is 0 Å². The fourth-order valence-corrected chi connectivity index (χ4v) is 3.24. The molecule has 0 unspecified atom stereocenters. The Labute approximate surface area is 183 Å². The number of carbonyl (C=O) groups excluding carboxylic acids is 2. The molecule has 2 aromatic carbocycles. The second-order valence-corrected chi connectivity index (χ2v) is 7.68. The highest BCUT2D eigenvalue weighted by Crippen LogP contribution is 2.26. The van der Waals surface area contributed by atoms with E-state index in [2.05, 4.69) is 20.8 Å². The molecule has 8 heteroatoms. The molecular formula is C23H19ClN4O3. The first-order valence-electron chi connectivity index (χ1n) is 9.65. The van der Waals surface area contributed by atoms with Crippen molar-refractivity contribution in [2.75, 3.05) is 10.6 Å². The molecule has 4 rings (SSSR count). The molecule has 2 amide bonds. The smallest absolute Gasteiger partial charge is 0.257 e. The molecule has 4 aromatic rings. The minimum absolute atomic E-state index is 0.121. The molecule has 31 heavy (non-hydrogen) atoms. The van der Waals surface area contributed by atoms with E-state index in [1.165, 1.54) is 12.3 Å². The Hall–Kier alpha value is -3.71. The molecule has 0 saturated carbocycles. The molecule has 156 valence electrons. The van der Waals surface area contributed by atoms with E-state index in [4.69, 9.17) is 16.1 Å². The topological polar surface area (TPSA) is 97.1 Å². The van der Waals surface area contributed by atoms with Crippen LogP contribution >= 0.6 is 11.6 Å². The summed E-state index contributed by atoms with van der Waals surface area (Å²) in [7, 11) is 0. The first-order chi connectivity index (χ1) is 14.9. The van der Waals surface area contributed by atoms with Gasteiger partial charge in [0.25, 0.3) is 17.5 Å². The fraction of sp³-hybridized carbons (Fsp3) is 0.130. The number of anilines is 2. The minimum Gasteiger partial charge on any atom is -0.336 e. The van der Waals surface area contributed by atoms with Crippen LogP contribution in [0.25, 0.3) is 11.1 Å².